The van der Waals surface area contributed by atoms with Gasteiger partial charge in [-0.3, -0.25) is 9.89 Å². The predicted octanol–water partition coefficient (Wildman–Crippen LogP) is 1.98. The lowest BCUT2D eigenvalue weighted by atomic mass is 10.1. The highest BCUT2D eigenvalue weighted by atomic mass is 16.2. The number of carbonyl (C=O) groups excluding carboxylic acids is 1. The quantitative estimate of drug-likeness (QED) is 0.787. The maximum absolute atomic E-state index is 11.5. The van der Waals surface area contributed by atoms with E-state index < -0.39 is 6.04 Å². The first kappa shape index (κ1) is 13.3. The first-order valence-electron chi connectivity index (χ1n) is 6.16. The number of nitrogens with zero attached hydrogens (tertiary/aromatic N) is 1. The standard InChI is InChI=1S/C14H18N4O/c1-8-4-9(2)6-11(5-8)12-7-13(18-17-12)16-14(19)10(3)15/h4-7,10H,15H2,1-3H3,(H2,16,17,18,19). The van der Waals surface area contributed by atoms with Crippen molar-refractivity contribution in [2.75, 3.05) is 5.32 Å². The average molecular weight is 258 g/mol. The second-order valence-electron chi connectivity index (χ2n) is 4.82. The Kier molecular flexibility index (Phi) is 3.66. The first-order valence-corrected chi connectivity index (χ1v) is 6.16. The van der Waals surface area contributed by atoms with Crippen molar-refractivity contribution in [2.45, 2.75) is 26.8 Å². The lowest BCUT2D eigenvalue weighted by Gasteiger charge is -2.03. The molecule has 100 valence electrons. The van der Waals surface area contributed by atoms with Gasteiger partial charge in [0.15, 0.2) is 5.82 Å². The smallest absolute Gasteiger partial charge is 0.242 e. The highest BCUT2D eigenvalue weighted by Crippen LogP contribution is 2.22. The van der Waals surface area contributed by atoms with Crippen molar-refractivity contribution in [2.24, 2.45) is 5.73 Å². The number of H-pyrrole nitrogens is 1. The summed E-state index contributed by atoms with van der Waals surface area (Å²) in [5.41, 5.74) is 9.78. The second-order valence-corrected chi connectivity index (χ2v) is 4.82. The SMILES string of the molecule is Cc1cc(C)cc(-c2cc(NC(=O)C(C)N)n[nH]2)c1. The van der Waals surface area contributed by atoms with Crippen LogP contribution in [0.5, 0.6) is 0 Å². The number of rotatable bonds is 3. The molecule has 0 saturated heterocycles. The van der Waals surface area contributed by atoms with E-state index >= 15 is 0 Å². The Bertz CT molecular complexity index is 581. The molecule has 19 heavy (non-hydrogen) atoms. The van der Waals surface area contributed by atoms with Crippen LogP contribution in [0.15, 0.2) is 24.3 Å². The van der Waals surface area contributed by atoms with E-state index in [-0.39, 0.29) is 5.91 Å². The minimum absolute atomic E-state index is 0.251. The minimum atomic E-state index is -0.554. The molecule has 1 heterocycles. The van der Waals surface area contributed by atoms with Crippen molar-refractivity contribution < 1.29 is 4.79 Å². The van der Waals surface area contributed by atoms with Gasteiger partial charge in [-0.05, 0) is 32.9 Å². The summed E-state index contributed by atoms with van der Waals surface area (Å²) in [5.74, 6) is 0.231. The van der Waals surface area contributed by atoms with Crippen molar-refractivity contribution in [3.05, 3.63) is 35.4 Å². The highest BCUT2D eigenvalue weighted by Gasteiger charge is 2.10. The van der Waals surface area contributed by atoms with E-state index in [0.717, 1.165) is 11.3 Å². The highest BCUT2D eigenvalue weighted by molar-refractivity contribution is 5.93. The minimum Gasteiger partial charge on any atom is -0.320 e. The number of nitrogens with one attached hydrogen (secondary N) is 2. The molecule has 2 rings (SSSR count). The van der Waals surface area contributed by atoms with Crippen molar-refractivity contribution in [1.29, 1.82) is 0 Å². The molecular formula is C14H18N4O. The fourth-order valence-electron chi connectivity index (χ4n) is 1.90. The number of aromatic amines is 1. The van der Waals surface area contributed by atoms with Gasteiger partial charge in [0, 0.05) is 11.6 Å². The normalized spacial score (nSPS) is 12.2. The Morgan fingerprint density at radius 1 is 1.26 bits per heavy atom. The molecule has 0 aliphatic carbocycles. The number of benzene rings is 1. The largest absolute Gasteiger partial charge is 0.320 e. The monoisotopic (exact) mass is 258 g/mol. The third-order valence-corrected chi connectivity index (χ3v) is 2.78. The summed E-state index contributed by atoms with van der Waals surface area (Å²) in [6, 6.07) is 7.49. The van der Waals surface area contributed by atoms with Crippen LogP contribution in [0, 0.1) is 13.8 Å². The molecule has 0 radical (unpaired) electrons. The summed E-state index contributed by atoms with van der Waals surface area (Å²) in [7, 11) is 0. The fourth-order valence-corrected chi connectivity index (χ4v) is 1.90. The molecule has 0 fully saturated rings. The molecular weight excluding hydrogens is 240 g/mol. The molecule has 0 saturated carbocycles. The van der Waals surface area contributed by atoms with E-state index in [2.05, 4.69) is 33.7 Å². The topological polar surface area (TPSA) is 83.8 Å². The molecule has 0 aliphatic rings. The number of carbonyl (C=O) groups is 1. The van der Waals surface area contributed by atoms with Crippen LogP contribution >= 0.6 is 0 Å². The number of aromatic nitrogens is 2. The van der Waals surface area contributed by atoms with Crippen LogP contribution in [0.2, 0.25) is 0 Å². The van der Waals surface area contributed by atoms with Gasteiger partial charge in [-0.2, -0.15) is 5.10 Å². The lowest BCUT2D eigenvalue weighted by molar-refractivity contribution is -0.117. The Balaban J connectivity index is 2.23. The Hall–Kier alpha value is -2.14. The van der Waals surface area contributed by atoms with Gasteiger partial charge in [-0.15, -0.1) is 0 Å². The summed E-state index contributed by atoms with van der Waals surface area (Å²) in [6.45, 7) is 5.73. The first-order chi connectivity index (χ1) is 8.95. The molecule has 0 bridgehead atoms. The van der Waals surface area contributed by atoms with Crippen molar-refractivity contribution >= 4 is 11.7 Å². The number of hydrogen-bond acceptors (Lipinski definition) is 3. The van der Waals surface area contributed by atoms with Crippen LogP contribution in [-0.4, -0.2) is 22.1 Å². The van der Waals surface area contributed by atoms with Gasteiger partial charge < -0.3 is 11.1 Å². The van der Waals surface area contributed by atoms with Crippen molar-refractivity contribution in [3.63, 3.8) is 0 Å². The second kappa shape index (κ2) is 5.24. The van der Waals surface area contributed by atoms with E-state index in [4.69, 9.17) is 5.73 Å². The predicted molar refractivity (Wildman–Crippen MR) is 75.8 cm³/mol. The van der Waals surface area contributed by atoms with Crippen LogP contribution in [0.1, 0.15) is 18.1 Å². The zero-order valence-electron chi connectivity index (χ0n) is 11.3. The number of nitrogens with two attached hydrogens (primary N) is 1. The average Bonchev–Trinajstić information content (AvgIpc) is 2.76. The summed E-state index contributed by atoms with van der Waals surface area (Å²) >= 11 is 0. The summed E-state index contributed by atoms with van der Waals surface area (Å²) in [4.78, 5) is 11.5. The van der Waals surface area contributed by atoms with Gasteiger partial charge in [-0.1, -0.05) is 17.2 Å². The van der Waals surface area contributed by atoms with Crippen molar-refractivity contribution in [1.82, 2.24) is 10.2 Å². The Morgan fingerprint density at radius 2 is 1.89 bits per heavy atom. The fraction of sp³-hybridized carbons (Fsp3) is 0.286. The van der Waals surface area contributed by atoms with Gasteiger partial charge in [0.25, 0.3) is 0 Å². The summed E-state index contributed by atoms with van der Waals surface area (Å²) in [6.07, 6.45) is 0. The number of amides is 1. The van der Waals surface area contributed by atoms with Gasteiger partial charge in [0.1, 0.15) is 0 Å². The van der Waals surface area contributed by atoms with Gasteiger partial charge in [0.2, 0.25) is 5.91 Å². The summed E-state index contributed by atoms with van der Waals surface area (Å²) < 4.78 is 0. The number of aryl methyl sites for hydroxylation is 2. The van der Waals surface area contributed by atoms with Crippen LogP contribution in [0.3, 0.4) is 0 Å². The molecule has 1 aromatic heterocycles. The van der Waals surface area contributed by atoms with E-state index in [1.54, 1.807) is 13.0 Å². The molecule has 2 aromatic rings. The molecule has 1 amide bonds. The maximum atomic E-state index is 11.5. The van der Waals surface area contributed by atoms with Gasteiger partial charge >= 0.3 is 0 Å². The van der Waals surface area contributed by atoms with E-state index in [1.165, 1.54) is 11.1 Å². The van der Waals surface area contributed by atoms with Crippen LogP contribution < -0.4 is 11.1 Å². The van der Waals surface area contributed by atoms with Crippen LogP contribution in [-0.2, 0) is 4.79 Å². The van der Waals surface area contributed by atoms with E-state index in [1.807, 2.05) is 13.8 Å². The number of anilines is 1. The molecule has 0 aliphatic heterocycles. The van der Waals surface area contributed by atoms with Gasteiger partial charge in [-0.25, -0.2) is 0 Å². The summed E-state index contributed by atoms with van der Waals surface area (Å²) in [5, 5.41) is 9.63. The van der Waals surface area contributed by atoms with E-state index in [0.29, 0.717) is 5.82 Å². The third-order valence-electron chi connectivity index (χ3n) is 2.78. The van der Waals surface area contributed by atoms with Gasteiger partial charge in [0.05, 0.1) is 11.7 Å². The van der Waals surface area contributed by atoms with E-state index in [9.17, 15) is 4.79 Å². The Morgan fingerprint density at radius 3 is 2.47 bits per heavy atom. The molecule has 1 atom stereocenters. The maximum Gasteiger partial charge on any atom is 0.242 e. The molecule has 4 N–H and O–H groups in total. The zero-order valence-corrected chi connectivity index (χ0v) is 11.3. The molecule has 1 unspecified atom stereocenters. The number of hydrogen-bond donors (Lipinski definition) is 3. The molecule has 5 heteroatoms. The third kappa shape index (κ3) is 3.20. The zero-order chi connectivity index (χ0) is 14.0. The molecule has 0 spiro atoms. The van der Waals surface area contributed by atoms with Crippen molar-refractivity contribution in [3.8, 4) is 11.3 Å². The molecule has 5 nitrogen and oxygen atoms in total. The molecule has 1 aromatic carbocycles. The Labute approximate surface area is 112 Å². The van der Waals surface area contributed by atoms with Crippen LogP contribution in [0.25, 0.3) is 11.3 Å². The lowest BCUT2D eigenvalue weighted by Crippen LogP contribution is -2.32. The van der Waals surface area contributed by atoms with Crippen LogP contribution in [0.4, 0.5) is 5.82 Å².